The average Bonchev–Trinajstić information content (AvgIpc) is 2.47. The molecular formula is C16H16BrClO3. The molecule has 0 aromatic heterocycles. The van der Waals surface area contributed by atoms with Crippen LogP contribution < -0.4 is 9.47 Å². The van der Waals surface area contributed by atoms with E-state index in [1.807, 2.05) is 24.3 Å². The van der Waals surface area contributed by atoms with Crippen molar-refractivity contribution in [3.8, 4) is 11.5 Å². The van der Waals surface area contributed by atoms with Gasteiger partial charge in [-0.15, -0.1) is 0 Å². The first-order valence-corrected chi connectivity index (χ1v) is 7.56. The first-order valence-electron chi connectivity index (χ1n) is 6.39. The molecule has 2 rings (SSSR count). The summed E-state index contributed by atoms with van der Waals surface area (Å²) in [5.74, 6) is 1.44. The molecule has 0 heterocycles. The topological polar surface area (TPSA) is 38.7 Å². The predicted molar refractivity (Wildman–Crippen MR) is 87.4 cm³/mol. The summed E-state index contributed by atoms with van der Waals surface area (Å²) in [6.45, 7) is 0. The highest BCUT2D eigenvalue weighted by Gasteiger charge is 2.14. The maximum atomic E-state index is 10.4. The summed E-state index contributed by atoms with van der Waals surface area (Å²) in [4.78, 5) is 0. The number of ether oxygens (including phenoxy) is 2. The summed E-state index contributed by atoms with van der Waals surface area (Å²) in [6, 6.07) is 10.9. The standard InChI is InChI=1S/C16H16BrClO3/c1-20-15-6-4-12(18)7-11(15)9-14(19)10-3-5-16(21-2)13(17)8-10/h3-8,14,19H,9H2,1-2H3. The monoisotopic (exact) mass is 370 g/mol. The van der Waals surface area contributed by atoms with Gasteiger partial charge in [-0.2, -0.15) is 0 Å². The molecule has 5 heteroatoms. The summed E-state index contributed by atoms with van der Waals surface area (Å²) >= 11 is 9.43. The molecule has 0 aliphatic carbocycles. The van der Waals surface area contributed by atoms with E-state index in [0.29, 0.717) is 17.2 Å². The van der Waals surface area contributed by atoms with Crippen LogP contribution >= 0.6 is 27.5 Å². The molecule has 0 fully saturated rings. The second-order valence-corrected chi connectivity index (χ2v) is 5.86. The largest absolute Gasteiger partial charge is 0.496 e. The van der Waals surface area contributed by atoms with Crippen molar-refractivity contribution >= 4 is 27.5 Å². The maximum Gasteiger partial charge on any atom is 0.133 e. The fraction of sp³-hybridized carbons (Fsp3) is 0.250. The molecule has 2 aromatic rings. The Morgan fingerprint density at radius 2 is 1.76 bits per heavy atom. The lowest BCUT2D eigenvalue weighted by Gasteiger charge is -2.15. The third-order valence-corrected chi connectivity index (χ3v) is 4.07. The molecular weight excluding hydrogens is 356 g/mol. The van der Waals surface area contributed by atoms with E-state index in [-0.39, 0.29) is 0 Å². The van der Waals surface area contributed by atoms with Crippen LogP contribution in [0.2, 0.25) is 5.02 Å². The van der Waals surface area contributed by atoms with Crippen molar-refractivity contribution in [3.05, 3.63) is 57.0 Å². The van der Waals surface area contributed by atoms with Gasteiger partial charge in [0.15, 0.2) is 0 Å². The van der Waals surface area contributed by atoms with Crippen molar-refractivity contribution in [2.75, 3.05) is 14.2 Å². The summed E-state index contributed by atoms with van der Waals surface area (Å²) < 4.78 is 11.3. The van der Waals surface area contributed by atoms with Gasteiger partial charge in [-0.05, 0) is 57.4 Å². The van der Waals surface area contributed by atoms with Gasteiger partial charge in [-0.3, -0.25) is 0 Å². The van der Waals surface area contributed by atoms with Crippen LogP contribution in [-0.2, 0) is 6.42 Å². The molecule has 1 N–H and O–H groups in total. The molecule has 1 atom stereocenters. The molecule has 112 valence electrons. The van der Waals surface area contributed by atoms with Crippen LogP contribution in [-0.4, -0.2) is 19.3 Å². The Bertz CT molecular complexity index is 631. The molecule has 2 aromatic carbocycles. The first-order chi connectivity index (χ1) is 10.0. The van der Waals surface area contributed by atoms with Crippen molar-refractivity contribution in [3.63, 3.8) is 0 Å². The number of benzene rings is 2. The lowest BCUT2D eigenvalue weighted by Crippen LogP contribution is -2.04. The molecule has 21 heavy (non-hydrogen) atoms. The van der Waals surface area contributed by atoms with E-state index in [4.69, 9.17) is 21.1 Å². The van der Waals surface area contributed by atoms with Crippen LogP contribution in [0.4, 0.5) is 0 Å². The number of hydrogen-bond acceptors (Lipinski definition) is 3. The van der Waals surface area contributed by atoms with Gasteiger partial charge in [0.2, 0.25) is 0 Å². The van der Waals surface area contributed by atoms with Gasteiger partial charge in [-0.1, -0.05) is 17.7 Å². The van der Waals surface area contributed by atoms with Gasteiger partial charge in [-0.25, -0.2) is 0 Å². The van der Waals surface area contributed by atoms with Crippen LogP contribution in [0.15, 0.2) is 40.9 Å². The van der Waals surface area contributed by atoms with Crippen LogP contribution in [0.1, 0.15) is 17.2 Å². The number of rotatable bonds is 5. The fourth-order valence-electron chi connectivity index (χ4n) is 2.12. The smallest absolute Gasteiger partial charge is 0.133 e. The Hall–Kier alpha value is -1.23. The molecule has 0 radical (unpaired) electrons. The van der Waals surface area contributed by atoms with Crippen molar-refractivity contribution in [1.82, 2.24) is 0 Å². The van der Waals surface area contributed by atoms with Crippen molar-refractivity contribution in [2.24, 2.45) is 0 Å². The van der Waals surface area contributed by atoms with Crippen molar-refractivity contribution in [1.29, 1.82) is 0 Å². The molecule has 0 saturated carbocycles. The minimum atomic E-state index is -0.653. The van der Waals surface area contributed by atoms with Crippen LogP contribution in [0.25, 0.3) is 0 Å². The lowest BCUT2D eigenvalue weighted by atomic mass is 10.0. The Balaban J connectivity index is 2.23. The maximum absolute atomic E-state index is 10.4. The zero-order valence-electron chi connectivity index (χ0n) is 11.8. The van der Waals surface area contributed by atoms with E-state index in [1.165, 1.54) is 0 Å². The molecule has 0 aliphatic heterocycles. The lowest BCUT2D eigenvalue weighted by molar-refractivity contribution is 0.177. The van der Waals surface area contributed by atoms with E-state index in [2.05, 4.69) is 15.9 Å². The highest BCUT2D eigenvalue weighted by Crippen LogP contribution is 2.31. The second kappa shape index (κ2) is 7.16. The Morgan fingerprint density at radius 1 is 1.10 bits per heavy atom. The Morgan fingerprint density at radius 3 is 2.38 bits per heavy atom. The van der Waals surface area contributed by atoms with E-state index < -0.39 is 6.10 Å². The summed E-state index contributed by atoms with van der Waals surface area (Å²) in [7, 11) is 3.20. The first kappa shape index (κ1) is 16.1. The molecule has 1 unspecified atom stereocenters. The van der Waals surface area contributed by atoms with Gasteiger partial charge in [0.25, 0.3) is 0 Å². The zero-order valence-corrected chi connectivity index (χ0v) is 14.1. The third kappa shape index (κ3) is 3.90. The van der Waals surface area contributed by atoms with Gasteiger partial charge in [0.05, 0.1) is 24.8 Å². The van der Waals surface area contributed by atoms with Gasteiger partial charge in [0.1, 0.15) is 11.5 Å². The number of aliphatic hydroxyl groups is 1. The van der Waals surface area contributed by atoms with Crippen molar-refractivity contribution < 1.29 is 14.6 Å². The highest BCUT2D eigenvalue weighted by atomic mass is 79.9. The molecule has 0 aliphatic rings. The number of methoxy groups -OCH3 is 2. The van der Waals surface area contributed by atoms with E-state index >= 15 is 0 Å². The Kier molecular flexibility index (Phi) is 5.51. The van der Waals surface area contributed by atoms with Gasteiger partial charge < -0.3 is 14.6 Å². The van der Waals surface area contributed by atoms with E-state index in [0.717, 1.165) is 21.3 Å². The van der Waals surface area contributed by atoms with Crippen LogP contribution in [0, 0.1) is 0 Å². The summed E-state index contributed by atoms with van der Waals surface area (Å²) in [6.07, 6.45) is -0.234. The number of halogens is 2. The minimum Gasteiger partial charge on any atom is -0.496 e. The minimum absolute atomic E-state index is 0.419. The van der Waals surface area contributed by atoms with E-state index in [1.54, 1.807) is 26.4 Å². The fourth-order valence-corrected chi connectivity index (χ4v) is 2.88. The normalized spacial score (nSPS) is 12.0. The van der Waals surface area contributed by atoms with Crippen molar-refractivity contribution in [2.45, 2.75) is 12.5 Å². The Labute approximate surface area is 137 Å². The van der Waals surface area contributed by atoms with E-state index in [9.17, 15) is 5.11 Å². The van der Waals surface area contributed by atoms with Crippen LogP contribution in [0.5, 0.6) is 11.5 Å². The summed E-state index contributed by atoms with van der Waals surface area (Å²) in [5, 5.41) is 11.0. The SMILES string of the molecule is COc1ccc(C(O)Cc2cc(Cl)ccc2OC)cc1Br. The second-order valence-electron chi connectivity index (χ2n) is 4.57. The zero-order chi connectivity index (χ0) is 15.4. The molecule has 0 bridgehead atoms. The molecule has 0 amide bonds. The molecule has 3 nitrogen and oxygen atoms in total. The van der Waals surface area contributed by atoms with Gasteiger partial charge >= 0.3 is 0 Å². The summed E-state index contributed by atoms with van der Waals surface area (Å²) in [5.41, 5.74) is 1.66. The predicted octanol–water partition coefficient (Wildman–Crippen LogP) is 4.40. The quantitative estimate of drug-likeness (QED) is 0.847. The van der Waals surface area contributed by atoms with Crippen LogP contribution in [0.3, 0.4) is 0 Å². The number of hydrogen-bond donors (Lipinski definition) is 1. The highest BCUT2D eigenvalue weighted by molar-refractivity contribution is 9.10. The average molecular weight is 372 g/mol. The molecule has 0 saturated heterocycles. The number of aliphatic hydroxyl groups excluding tert-OH is 1. The third-order valence-electron chi connectivity index (χ3n) is 3.22. The molecule has 0 spiro atoms. The van der Waals surface area contributed by atoms with Gasteiger partial charge in [0, 0.05) is 11.4 Å².